The van der Waals surface area contributed by atoms with Gasteiger partial charge in [-0.3, -0.25) is 0 Å². The van der Waals surface area contributed by atoms with E-state index in [0.29, 0.717) is 17.1 Å². The lowest BCUT2D eigenvalue weighted by Gasteiger charge is -2.14. The smallest absolute Gasteiger partial charge is 0.165 e. The van der Waals surface area contributed by atoms with Gasteiger partial charge in [0.2, 0.25) is 0 Å². The van der Waals surface area contributed by atoms with E-state index in [4.69, 9.17) is 14.2 Å². The van der Waals surface area contributed by atoms with Crippen molar-refractivity contribution in [1.29, 1.82) is 0 Å². The molecule has 2 aromatic rings. The topological polar surface area (TPSA) is 47.9 Å². The highest BCUT2D eigenvalue weighted by Crippen LogP contribution is 2.24. The molecule has 4 nitrogen and oxygen atoms in total. The number of methoxy groups -OCH3 is 2. The quantitative estimate of drug-likeness (QED) is 0.889. The molecule has 0 aromatic heterocycles. The first-order valence-corrected chi connectivity index (χ1v) is 6.42. The van der Waals surface area contributed by atoms with Crippen molar-refractivity contribution in [2.45, 2.75) is 6.10 Å². The van der Waals surface area contributed by atoms with E-state index in [2.05, 4.69) is 0 Å². The summed E-state index contributed by atoms with van der Waals surface area (Å²) in [5.41, 5.74) is 0.427. The van der Waals surface area contributed by atoms with Crippen LogP contribution in [0.4, 0.5) is 4.39 Å². The van der Waals surface area contributed by atoms with Gasteiger partial charge in [-0.25, -0.2) is 4.39 Å². The number of hydrogen-bond acceptors (Lipinski definition) is 4. The number of aliphatic hydroxyl groups excluding tert-OH is 1. The summed E-state index contributed by atoms with van der Waals surface area (Å²) in [7, 11) is 2.95. The van der Waals surface area contributed by atoms with Crippen LogP contribution in [0.2, 0.25) is 0 Å². The van der Waals surface area contributed by atoms with Gasteiger partial charge >= 0.3 is 0 Å². The predicted octanol–water partition coefficient (Wildman–Crippen LogP) is 2.96. The summed E-state index contributed by atoms with van der Waals surface area (Å²) in [5.74, 6) is 0.856. The van der Waals surface area contributed by atoms with Crippen LogP contribution < -0.4 is 14.2 Å². The van der Waals surface area contributed by atoms with E-state index in [0.717, 1.165) is 0 Å². The van der Waals surface area contributed by atoms with Gasteiger partial charge in [0.25, 0.3) is 0 Å². The van der Waals surface area contributed by atoms with Crippen LogP contribution in [0.1, 0.15) is 11.7 Å². The van der Waals surface area contributed by atoms with Crippen molar-refractivity contribution in [3.05, 3.63) is 53.8 Å². The zero-order valence-electron chi connectivity index (χ0n) is 11.9. The third kappa shape index (κ3) is 3.86. The first-order chi connectivity index (χ1) is 10.1. The Morgan fingerprint density at radius 1 is 1.05 bits per heavy atom. The van der Waals surface area contributed by atoms with E-state index in [-0.39, 0.29) is 12.4 Å². The van der Waals surface area contributed by atoms with E-state index in [1.807, 2.05) is 0 Å². The monoisotopic (exact) mass is 292 g/mol. The molecule has 112 valence electrons. The molecule has 1 N–H and O–H groups in total. The Hall–Kier alpha value is -2.27. The van der Waals surface area contributed by atoms with Gasteiger partial charge in [0, 0.05) is 6.07 Å². The summed E-state index contributed by atoms with van der Waals surface area (Å²) in [6.07, 6.45) is -0.934. The molecule has 1 atom stereocenters. The van der Waals surface area contributed by atoms with E-state index in [1.165, 1.54) is 19.2 Å². The number of hydrogen-bond donors (Lipinski definition) is 1. The molecule has 1 unspecified atom stereocenters. The molecule has 5 heteroatoms. The van der Waals surface area contributed by atoms with Crippen molar-refractivity contribution in [1.82, 2.24) is 0 Å². The van der Waals surface area contributed by atoms with Crippen LogP contribution in [0.25, 0.3) is 0 Å². The minimum Gasteiger partial charge on any atom is -0.497 e. The van der Waals surface area contributed by atoms with E-state index in [1.54, 1.807) is 37.4 Å². The molecule has 2 aromatic carbocycles. The highest BCUT2D eigenvalue weighted by Gasteiger charge is 2.12. The number of ether oxygens (including phenoxy) is 3. The third-order valence-electron chi connectivity index (χ3n) is 3.01. The van der Waals surface area contributed by atoms with Crippen molar-refractivity contribution in [3.63, 3.8) is 0 Å². The fraction of sp³-hybridized carbons (Fsp3) is 0.250. The SMILES string of the molecule is COc1cccc(OCC(O)c2ccc(OC)c(F)c2)c1. The summed E-state index contributed by atoms with van der Waals surface area (Å²) < 4.78 is 29.0. The van der Waals surface area contributed by atoms with Crippen molar-refractivity contribution < 1.29 is 23.7 Å². The average Bonchev–Trinajstić information content (AvgIpc) is 2.52. The molecular weight excluding hydrogens is 275 g/mol. The fourth-order valence-electron chi connectivity index (χ4n) is 1.85. The fourth-order valence-corrected chi connectivity index (χ4v) is 1.85. The summed E-state index contributed by atoms with van der Waals surface area (Å²) in [4.78, 5) is 0. The maximum atomic E-state index is 13.6. The lowest BCUT2D eigenvalue weighted by Crippen LogP contribution is -2.10. The Morgan fingerprint density at radius 2 is 1.81 bits per heavy atom. The molecule has 0 amide bonds. The molecule has 2 rings (SSSR count). The Balaban J connectivity index is 2.00. The predicted molar refractivity (Wildman–Crippen MR) is 76.4 cm³/mol. The summed E-state index contributed by atoms with van der Waals surface area (Å²) >= 11 is 0. The molecule has 0 spiro atoms. The van der Waals surface area contributed by atoms with Crippen LogP contribution in [-0.4, -0.2) is 25.9 Å². The standard InChI is InChI=1S/C16H17FO4/c1-19-12-4-3-5-13(9-12)21-10-15(18)11-6-7-16(20-2)14(17)8-11/h3-9,15,18H,10H2,1-2H3. The molecule has 21 heavy (non-hydrogen) atoms. The molecule has 0 saturated carbocycles. The van der Waals surface area contributed by atoms with Gasteiger partial charge < -0.3 is 19.3 Å². The van der Waals surface area contributed by atoms with Crippen LogP contribution in [0.15, 0.2) is 42.5 Å². The molecule has 0 heterocycles. The Labute approximate surface area is 122 Å². The van der Waals surface area contributed by atoms with E-state index < -0.39 is 11.9 Å². The first-order valence-electron chi connectivity index (χ1n) is 6.42. The van der Waals surface area contributed by atoms with Gasteiger partial charge in [-0.05, 0) is 29.8 Å². The Kier molecular flexibility index (Phi) is 5.00. The van der Waals surface area contributed by atoms with Crippen molar-refractivity contribution in [2.75, 3.05) is 20.8 Å². The minimum absolute atomic E-state index is 0.0128. The zero-order chi connectivity index (χ0) is 15.2. The first kappa shape index (κ1) is 15.1. The molecule has 0 saturated heterocycles. The lowest BCUT2D eigenvalue weighted by atomic mass is 10.1. The van der Waals surface area contributed by atoms with Crippen molar-refractivity contribution in [3.8, 4) is 17.2 Å². The number of halogens is 1. The highest BCUT2D eigenvalue weighted by molar-refractivity contribution is 5.33. The van der Waals surface area contributed by atoms with Crippen LogP contribution in [0.5, 0.6) is 17.2 Å². The second kappa shape index (κ2) is 6.95. The number of aliphatic hydroxyl groups is 1. The molecular formula is C16H17FO4. The van der Waals surface area contributed by atoms with Gasteiger partial charge in [-0.2, -0.15) is 0 Å². The lowest BCUT2D eigenvalue weighted by molar-refractivity contribution is 0.107. The van der Waals surface area contributed by atoms with E-state index >= 15 is 0 Å². The van der Waals surface area contributed by atoms with E-state index in [9.17, 15) is 9.50 Å². The Bertz CT molecular complexity index is 601. The normalized spacial score (nSPS) is 11.8. The molecule has 0 fully saturated rings. The third-order valence-corrected chi connectivity index (χ3v) is 3.01. The summed E-state index contributed by atoms with van der Waals surface area (Å²) in [6, 6.07) is 11.3. The van der Waals surface area contributed by atoms with Crippen LogP contribution in [0, 0.1) is 5.82 Å². The zero-order valence-corrected chi connectivity index (χ0v) is 11.9. The van der Waals surface area contributed by atoms with Gasteiger partial charge in [-0.1, -0.05) is 12.1 Å². The van der Waals surface area contributed by atoms with Gasteiger partial charge in [0.1, 0.15) is 24.2 Å². The second-order valence-corrected chi connectivity index (χ2v) is 4.40. The Morgan fingerprint density at radius 3 is 2.48 bits per heavy atom. The molecule has 0 radical (unpaired) electrons. The highest BCUT2D eigenvalue weighted by atomic mass is 19.1. The maximum absolute atomic E-state index is 13.6. The molecule has 0 aliphatic rings. The molecule has 0 bridgehead atoms. The number of benzene rings is 2. The summed E-state index contributed by atoms with van der Waals surface area (Å²) in [5, 5.41) is 10.0. The van der Waals surface area contributed by atoms with Gasteiger partial charge in [0.05, 0.1) is 14.2 Å². The number of rotatable bonds is 6. The average molecular weight is 292 g/mol. The van der Waals surface area contributed by atoms with Crippen LogP contribution in [0.3, 0.4) is 0 Å². The van der Waals surface area contributed by atoms with Crippen molar-refractivity contribution in [2.24, 2.45) is 0 Å². The van der Waals surface area contributed by atoms with Crippen LogP contribution >= 0.6 is 0 Å². The molecule has 0 aliphatic carbocycles. The van der Waals surface area contributed by atoms with Gasteiger partial charge in [0.15, 0.2) is 11.6 Å². The summed E-state index contributed by atoms with van der Waals surface area (Å²) in [6.45, 7) is 0.0128. The van der Waals surface area contributed by atoms with Crippen LogP contribution in [-0.2, 0) is 0 Å². The minimum atomic E-state index is -0.934. The maximum Gasteiger partial charge on any atom is 0.165 e. The second-order valence-electron chi connectivity index (χ2n) is 4.40. The van der Waals surface area contributed by atoms with Crippen molar-refractivity contribution >= 4 is 0 Å². The van der Waals surface area contributed by atoms with Gasteiger partial charge in [-0.15, -0.1) is 0 Å². The molecule has 0 aliphatic heterocycles. The largest absolute Gasteiger partial charge is 0.497 e.